The van der Waals surface area contributed by atoms with E-state index in [1.165, 1.54) is 0 Å². The Balaban J connectivity index is 1.90. The van der Waals surface area contributed by atoms with Crippen LogP contribution in [-0.2, 0) is 0 Å². The number of benzene rings is 3. The third-order valence-electron chi connectivity index (χ3n) is 6.51. The van der Waals surface area contributed by atoms with Gasteiger partial charge in [-0.05, 0) is 61.4 Å². The number of unbranched alkanes of at least 4 members (excludes halogenated alkanes) is 3. The highest BCUT2D eigenvalue weighted by Gasteiger charge is 2.29. The molecule has 0 spiro atoms. The number of carbonyl (C=O) groups is 1. The van der Waals surface area contributed by atoms with Crippen molar-refractivity contribution in [2.75, 3.05) is 6.54 Å². The van der Waals surface area contributed by atoms with Crippen LogP contribution in [0.25, 0.3) is 16.6 Å². The van der Waals surface area contributed by atoms with E-state index in [4.69, 9.17) is 16.6 Å². The van der Waals surface area contributed by atoms with Crippen LogP contribution in [0, 0.1) is 0 Å². The molecule has 0 aliphatic carbocycles. The first-order chi connectivity index (χ1) is 17.9. The molecule has 3 aromatic carbocycles. The average Bonchev–Trinajstić information content (AvgIpc) is 2.90. The number of hydrogen-bond acceptors (Lipinski definition) is 3. The number of fused-ring (bicyclic) bond motifs is 1. The Morgan fingerprint density at radius 3 is 2.51 bits per heavy atom. The van der Waals surface area contributed by atoms with Gasteiger partial charge in [0.1, 0.15) is 5.82 Å². The molecule has 0 aliphatic heterocycles. The standard InChI is InChI=1S/C30H31BrClN3O2/c1-3-5-6-9-18-34(29(36)21-12-10-13-22(31)19-21)27(4-2)28-33-26-17-8-7-16-25(26)30(37)35(28)24-15-11-14-23(32)20-24/h7-8,10-17,19-20,27H,3-6,9,18H2,1-2H3. The number of halogens is 2. The number of nitrogens with zero attached hydrogens (tertiary/aromatic N) is 3. The van der Waals surface area contributed by atoms with Gasteiger partial charge in [-0.15, -0.1) is 0 Å². The first kappa shape index (κ1) is 27.1. The number of para-hydroxylation sites is 1. The highest BCUT2D eigenvalue weighted by molar-refractivity contribution is 9.10. The lowest BCUT2D eigenvalue weighted by atomic mass is 10.1. The maximum atomic E-state index is 14.0. The predicted octanol–water partition coefficient (Wildman–Crippen LogP) is 7.98. The Hall–Kier alpha value is -2.96. The summed E-state index contributed by atoms with van der Waals surface area (Å²) in [5.41, 5.74) is 1.66. The molecule has 1 unspecified atom stereocenters. The van der Waals surface area contributed by atoms with E-state index in [9.17, 15) is 9.59 Å². The molecule has 0 aliphatic rings. The van der Waals surface area contributed by atoms with Crippen LogP contribution in [0.2, 0.25) is 5.02 Å². The molecule has 5 nitrogen and oxygen atoms in total. The Bertz CT molecular complexity index is 1450. The van der Waals surface area contributed by atoms with Crippen molar-refractivity contribution in [2.24, 2.45) is 0 Å². The number of aromatic nitrogens is 2. The summed E-state index contributed by atoms with van der Waals surface area (Å²) < 4.78 is 2.47. The van der Waals surface area contributed by atoms with Crippen molar-refractivity contribution in [1.82, 2.24) is 14.5 Å². The molecule has 1 aromatic heterocycles. The van der Waals surface area contributed by atoms with Gasteiger partial charge in [0.25, 0.3) is 11.5 Å². The minimum Gasteiger partial charge on any atom is -0.328 e. The summed E-state index contributed by atoms with van der Waals surface area (Å²) in [6.45, 7) is 4.77. The zero-order chi connectivity index (χ0) is 26.4. The second-order valence-corrected chi connectivity index (χ2v) is 10.5. The topological polar surface area (TPSA) is 55.2 Å². The predicted molar refractivity (Wildman–Crippen MR) is 155 cm³/mol. The fraction of sp³-hybridized carbons (Fsp3) is 0.300. The molecule has 0 N–H and O–H groups in total. The molecule has 0 bridgehead atoms. The summed E-state index contributed by atoms with van der Waals surface area (Å²) in [6, 6.07) is 21.6. The fourth-order valence-electron chi connectivity index (χ4n) is 4.68. The van der Waals surface area contributed by atoms with Gasteiger partial charge in [0.05, 0.1) is 22.6 Å². The third-order valence-corrected chi connectivity index (χ3v) is 7.24. The van der Waals surface area contributed by atoms with E-state index in [2.05, 4.69) is 22.9 Å². The van der Waals surface area contributed by atoms with Gasteiger partial charge in [0.2, 0.25) is 0 Å². The quantitative estimate of drug-likeness (QED) is 0.179. The van der Waals surface area contributed by atoms with Crippen LogP contribution in [0.5, 0.6) is 0 Å². The lowest BCUT2D eigenvalue weighted by Crippen LogP contribution is -2.39. The molecule has 0 saturated heterocycles. The molecule has 192 valence electrons. The molecule has 0 saturated carbocycles. The summed E-state index contributed by atoms with van der Waals surface area (Å²) in [5.74, 6) is 0.456. The summed E-state index contributed by atoms with van der Waals surface area (Å²) >= 11 is 9.83. The van der Waals surface area contributed by atoms with Crippen molar-refractivity contribution >= 4 is 44.3 Å². The lowest BCUT2D eigenvalue weighted by Gasteiger charge is -2.32. The van der Waals surface area contributed by atoms with Crippen molar-refractivity contribution in [1.29, 1.82) is 0 Å². The van der Waals surface area contributed by atoms with Crippen molar-refractivity contribution in [3.05, 3.63) is 104 Å². The minimum absolute atomic E-state index is 0.0790. The van der Waals surface area contributed by atoms with Gasteiger partial charge in [-0.2, -0.15) is 0 Å². The number of amides is 1. The second kappa shape index (κ2) is 12.5. The van der Waals surface area contributed by atoms with Crippen molar-refractivity contribution in [3.63, 3.8) is 0 Å². The van der Waals surface area contributed by atoms with Crippen LogP contribution in [0.15, 0.2) is 82.1 Å². The Morgan fingerprint density at radius 1 is 1.00 bits per heavy atom. The highest BCUT2D eigenvalue weighted by atomic mass is 79.9. The maximum absolute atomic E-state index is 14.0. The molecule has 1 atom stereocenters. The molecular formula is C30H31BrClN3O2. The zero-order valence-electron chi connectivity index (χ0n) is 21.2. The van der Waals surface area contributed by atoms with Crippen LogP contribution < -0.4 is 5.56 Å². The molecule has 1 heterocycles. The summed E-state index contributed by atoms with van der Waals surface area (Å²) in [7, 11) is 0. The third kappa shape index (κ3) is 6.13. The van der Waals surface area contributed by atoms with Gasteiger partial charge in [0, 0.05) is 21.6 Å². The monoisotopic (exact) mass is 579 g/mol. The SMILES string of the molecule is CCCCCCN(C(=O)c1cccc(Br)c1)C(CC)c1nc2ccccc2c(=O)n1-c1cccc(Cl)c1. The Morgan fingerprint density at radius 2 is 1.78 bits per heavy atom. The van der Waals surface area contributed by atoms with E-state index < -0.39 is 6.04 Å². The fourth-order valence-corrected chi connectivity index (χ4v) is 5.26. The molecule has 0 radical (unpaired) electrons. The normalized spacial score (nSPS) is 12.0. The summed E-state index contributed by atoms with van der Waals surface area (Å²) in [5, 5.41) is 1.05. The lowest BCUT2D eigenvalue weighted by molar-refractivity contribution is 0.0654. The molecular weight excluding hydrogens is 550 g/mol. The van der Waals surface area contributed by atoms with Gasteiger partial charge < -0.3 is 4.90 Å². The highest BCUT2D eigenvalue weighted by Crippen LogP contribution is 2.29. The first-order valence-electron chi connectivity index (χ1n) is 12.8. The molecule has 4 rings (SSSR count). The number of carbonyl (C=O) groups excluding carboxylic acids is 1. The van der Waals surface area contributed by atoms with E-state index in [-0.39, 0.29) is 11.5 Å². The molecule has 0 fully saturated rings. The van der Waals surface area contributed by atoms with E-state index in [0.29, 0.717) is 46.0 Å². The molecule has 37 heavy (non-hydrogen) atoms. The zero-order valence-corrected chi connectivity index (χ0v) is 23.5. The van der Waals surface area contributed by atoms with Crippen molar-refractivity contribution in [2.45, 2.75) is 52.0 Å². The van der Waals surface area contributed by atoms with Gasteiger partial charge >= 0.3 is 0 Å². The maximum Gasteiger partial charge on any atom is 0.266 e. The van der Waals surface area contributed by atoms with Crippen LogP contribution in [0.1, 0.15) is 68.2 Å². The number of hydrogen-bond donors (Lipinski definition) is 0. The Kier molecular flexibility index (Phi) is 9.17. The molecule has 7 heteroatoms. The van der Waals surface area contributed by atoms with E-state index in [0.717, 1.165) is 30.2 Å². The van der Waals surface area contributed by atoms with E-state index in [1.54, 1.807) is 22.8 Å². The Labute approximate surface area is 231 Å². The smallest absolute Gasteiger partial charge is 0.266 e. The van der Waals surface area contributed by atoms with Crippen molar-refractivity contribution in [3.8, 4) is 5.69 Å². The first-order valence-corrected chi connectivity index (χ1v) is 14.0. The van der Waals surface area contributed by atoms with Crippen LogP contribution >= 0.6 is 27.5 Å². The summed E-state index contributed by atoms with van der Waals surface area (Å²) in [4.78, 5) is 34.7. The van der Waals surface area contributed by atoms with Crippen LogP contribution in [0.3, 0.4) is 0 Å². The van der Waals surface area contributed by atoms with E-state index in [1.807, 2.05) is 66.4 Å². The largest absolute Gasteiger partial charge is 0.328 e. The minimum atomic E-state index is -0.413. The number of rotatable bonds is 10. The van der Waals surface area contributed by atoms with Gasteiger partial charge in [-0.1, -0.05) is 84.9 Å². The molecule has 1 amide bonds. The summed E-state index contributed by atoms with van der Waals surface area (Å²) in [6.07, 6.45) is 4.72. The van der Waals surface area contributed by atoms with Crippen LogP contribution in [-0.4, -0.2) is 26.9 Å². The van der Waals surface area contributed by atoms with Gasteiger partial charge in [-0.3, -0.25) is 14.2 Å². The van der Waals surface area contributed by atoms with Gasteiger partial charge in [-0.25, -0.2) is 4.98 Å². The molecule has 4 aromatic rings. The van der Waals surface area contributed by atoms with Crippen molar-refractivity contribution < 1.29 is 4.79 Å². The second-order valence-electron chi connectivity index (χ2n) is 9.10. The van der Waals surface area contributed by atoms with E-state index >= 15 is 0 Å². The average molecular weight is 581 g/mol. The van der Waals surface area contributed by atoms with Crippen LogP contribution in [0.4, 0.5) is 0 Å². The van der Waals surface area contributed by atoms with Gasteiger partial charge in [0.15, 0.2) is 0 Å².